The number of rotatable bonds is 2. The molecule has 23 heavy (non-hydrogen) atoms. The van der Waals surface area contributed by atoms with Gasteiger partial charge in [-0.3, -0.25) is 4.79 Å². The second kappa shape index (κ2) is 6.28. The summed E-state index contributed by atoms with van der Waals surface area (Å²) in [7, 11) is 0. The van der Waals surface area contributed by atoms with Crippen LogP contribution in [0, 0.1) is 13.8 Å². The topological polar surface area (TPSA) is 53.8 Å². The second-order valence-corrected chi connectivity index (χ2v) is 5.79. The minimum Gasteiger partial charge on any atom is -0.427 e. The Kier molecular flexibility index (Phi) is 4.19. The van der Waals surface area contributed by atoms with Gasteiger partial charge in [0.05, 0.1) is 5.56 Å². The Balaban J connectivity index is 1.73. The van der Waals surface area contributed by atoms with Gasteiger partial charge < -0.3 is 14.2 Å². The standard InChI is InChI=1S/C18H20N2O3/c1-13-12-16(21)23-14(2)17(13)18(22)20-10-8-19(9-11-20)15-6-4-3-5-7-15/h3-7,12H,8-11H2,1-2H3. The van der Waals surface area contributed by atoms with Gasteiger partial charge in [0.15, 0.2) is 0 Å². The Morgan fingerprint density at radius 2 is 1.70 bits per heavy atom. The normalized spacial score (nSPS) is 14.9. The van der Waals surface area contributed by atoms with Gasteiger partial charge in [0.25, 0.3) is 5.91 Å². The van der Waals surface area contributed by atoms with Crippen molar-refractivity contribution in [2.45, 2.75) is 13.8 Å². The van der Waals surface area contributed by atoms with E-state index in [0.29, 0.717) is 30.0 Å². The number of benzene rings is 1. The monoisotopic (exact) mass is 312 g/mol. The Bertz CT molecular complexity index is 733. The zero-order valence-electron chi connectivity index (χ0n) is 13.4. The van der Waals surface area contributed by atoms with E-state index in [4.69, 9.17) is 4.42 Å². The van der Waals surface area contributed by atoms with Crippen LogP contribution in [0.5, 0.6) is 0 Å². The fourth-order valence-electron chi connectivity index (χ4n) is 3.04. The number of nitrogens with zero attached hydrogens (tertiary/aromatic N) is 2. The molecule has 1 aromatic heterocycles. The molecule has 120 valence electrons. The van der Waals surface area contributed by atoms with Crippen molar-refractivity contribution in [1.82, 2.24) is 4.90 Å². The lowest BCUT2D eigenvalue weighted by atomic mass is 10.1. The van der Waals surface area contributed by atoms with Gasteiger partial charge in [-0.1, -0.05) is 18.2 Å². The van der Waals surface area contributed by atoms with Gasteiger partial charge >= 0.3 is 5.63 Å². The van der Waals surface area contributed by atoms with E-state index in [1.165, 1.54) is 11.8 Å². The second-order valence-electron chi connectivity index (χ2n) is 5.79. The molecule has 1 fully saturated rings. The number of hydrogen-bond donors (Lipinski definition) is 0. The molecular weight excluding hydrogens is 292 g/mol. The summed E-state index contributed by atoms with van der Waals surface area (Å²) in [4.78, 5) is 28.2. The van der Waals surface area contributed by atoms with Crippen molar-refractivity contribution in [2.75, 3.05) is 31.1 Å². The zero-order chi connectivity index (χ0) is 16.4. The third-order valence-corrected chi connectivity index (χ3v) is 4.24. The smallest absolute Gasteiger partial charge is 0.336 e. The number of hydrogen-bond acceptors (Lipinski definition) is 4. The zero-order valence-corrected chi connectivity index (χ0v) is 13.4. The third-order valence-electron chi connectivity index (χ3n) is 4.24. The van der Waals surface area contributed by atoms with Crippen molar-refractivity contribution >= 4 is 11.6 Å². The van der Waals surface area contributed by atoms with Crippen LogP contribution in [0.2, 0.25) is 0 Å². The summed E-state index contributed by atoms with van der Waals surface area (Å²) in [6.07, 6.45) is 0. The van der Waals surface area contributed by atoms with Crippen LogP contribution in [0.1, 0.15) is 21.7 Å². The van der Waals surface area contributed by atoms with E-state index in [9.17, 15) is 9.59 Å². The molecule has 1 aliphatic rings. The maximum Gasteiger partial charge on any atom is 0.336 e. The average Bonchev–Trinajstić information content (AvgIpc) is 2.55. The number of amides is 1. The van der Waals surface area contributed by atoms with Crippen LogP contribution in [0.4, 0.5) is 5.69 Å². The van der Waals surface area contributed by atoms with Crippen molar-refractivity contribution in [3.63, 3.8) is 0 Å². The van der Waals surface area contributed by atoms with Gasteiger partial charge in [0.2, 0.25) is 0 Å². The fraction of sp³-hybridized carbons (Fsp3) is 0.333. The Labute approximate surface area is 135 Å². The van der Waals surface area contributed by atoms with E-state index in [1.54, 1.807) is 13.8 Å². The van der Waals surface area contributed by atoms with Gasteiger partial charge in [0.1, 0.15) is 5.76 Å². The minimum absolute atomic E-state index is 0.0588. The molecule has 0 unspecified atom stereocenters. The van der Waals surface area contributed by atoms with Crippen LogP contribution in [0.3, 0.4) is 0 Å². The third kappa shape index (κ3) is 3.13. The van der Waals surface area contributed by atoms with E-state index in [0.717, 1.165) is 13.1 Å². The van der Waals surface area contributed by atoms with Gasteiger partial charge in [0, 0.05) is 37.9 Å². The number of para-hydroxylation sites is 1. The minimum atomic E-state index is -0.412. The Morgan fingerprint density at radius 3 is 2.30 bits per heavy atom. The summed E-state index contributed by atoms with van der Waals surface area (Å²) in [6, 6.07) is 11.6. The SMILES string of the molecule is Cc1cc(=O)oc(C)c1C(=O)N1CCN(c2ccccc2)CC1. The summed E-state index contributed by atoms with van der Waals surface area (Å²) >= 11 is 0. The molecule has 0 N–H and O–H groups in total. The first kappa shape index (κ1) is 15.3. The maximum atomic E-state index is 12.7. The highest BCUT2D eigenvalue weighted by atomic mass is 16.4. The molecule has 0 atom stereocenters. The van der Waals surface area contributed by atoms with E-state index >= 15 is 0 Å². The summed E-state index contributed by atoms with van der Waals surface area (Å²) in [5.41, 5.74) is 1.95. The first-order valence-corrected chi connectivity index (χ1v) is 7.77. The molecule has 1 aromatic carbocycles. The molecule has 0 radical (unpaired) electrons. The van der Waals surface area contributed by atoms with Crippen LogP contribution in [-0.2, 0) is 0 Å². The van der Waals surface area contributed by atoms with Crippen molar-refractivity contribution < 1.29 is 9.21 Å². The fourth-order valence-corrected chi connectivity index (χ4v) is 3.04. The first-order valence-electron chi connectivity index (χ1n) is 7.77. The predicted molar refractivity (Wildman–Crippen MR) is 89.0 cm³/mol. The number of carbonyl (C=O) groups is 1. The van der Waals surface area contributed by atoms with Gasteiger partial charge in [-0.15, -0.1) is 0 Å². The highest BCUT2D eigenvalue weighted by Gasteiger charge is 2.25. The predicted octanol–water partition coefficient (Wildman–Crippen LogP) is 2.22. The molecule has 0 saturated carbocycles. The number of piperazine rings is 1. The van der Waals surface area contributed by atoms with E-state index in [1.807, 2.05) is 23.1 Å². The van der Waals surface area contributed by atoms with E-state index < -0.39 is 5.63 Å². The molecule has 1 saturated heterocycles. The molecule has 5 heteroatoms. The highest BCUT2D eigenvalue weighted by Crippen LogP contribution is 2.19. The summed E-state index contributed by atoms with van der Waals surface area (Å²) in [5.74, 6) is 0.335. The highest BCUT2D eigenvalue weighted by molar-refractivity contribution is 5.96. The lowest BCUT2D eigenvalue weighted by molar-refractivity contribution is 0.0742. The molecule has 2 heterocycles. The molecule has 3 rings (SSSR count). The molecule has 0 bridgehead atoms. The van der Waals surface area contributed by atoms with Crippen molar-refractivity contribution in [2.24, 2.45) is 0 Å². The van der Waals surface area contributed by atoms with Crippen molar-refractivity contribution in [3.8, 4) is 0 Å². The molecule has 0 spiro atoms. The van der Waals surface area contributed by atoms with Crippen molar-refractivity contribution in [3.05, 3.63) is 63.7 Å². The molecule has 0 aliphatic carbocycles. The number of carbonyl (C=O) groups excluding carboxylic acids is 1. The van der Waals surface area contributed by atoms with Crippen molar-refractivity contribution in [1.29, 1.82) is 0 Å². The summed E-state index contributed by atoms with van der Waals surface area (Å²) in [5, 5.41) is 0. The number of anilines is 1. The van der Waals surface area contributed by atoms with Gasteiger partial charge in [-0.05, 0) is 31.5 Å². The van der Waals surface area contributed by atoms with Crippen LogP contribution < -0.4 is 10.5 Å². The molecular formula is C18H20N2O3. The maximum absolute atomic E-state index is 12.7. The van der Waals surface area contributed by atoms with Crippen LogP contribution in [0.25, 0.3) is 0 Å². The van der Waals surface area contributed by atoms with E-state index in [-0.39, 0.29) is 5.91 Å². The van der Waals surface area contributed by atoms with Crippen LogP contribution >= 0.6 is 0 Å². The quantitative estimate of drug-likeness (QED) is 0.853. The number of aryl methyl sites for hydroxylation is 2. The Morgan fingerprint density at radius 1 is 1.04 bits per heavy atom. The summed E-state index contributed by atoms with van der Waals surface area (Å²) in [6.45, 7) is 6.35. The first-order chi connectivity index (χ1) is 11.1. The molecule has 1 aliphatic heterocycles. The van der Waals surface area contributed by atoms with Crippen LogP contribution in [0.15, 0.2) is 45.6 Å². The van der Waals surface area contributed by atoms with E-state index in [2.05, 4.69) is 17.0 Å². The largest absolute Gasteiger partial charge is 0.427 e. The molecule has 1 amide bonds. The van der Waals surface area contributed by atoms with Gasteiger partial charge in [-0.2, -0.15) is 0 Å². The van der Waals surface area contributed by atoms with Crippen LogP contribution in [-0.4, -0.2) is 37.0 Å². The average molecular weight is 312 g/mol. The molecule has 5 nitrogen and oxygen atoms in total. The molecule has 2 aromatic rings. The lowest BCUT2D eigenvalue weighted by Gasteiger charge is -2.36. The Hall–Kier alpha value is -2.56. The summed E-state index contributed by atoms with van der Waals surface area (Å²) < 4.78 is 5.08. The van der Waals surface area contributed by atoms with Gasteiger partial charge in [-0.25, -0.2) is 4.79 Å². The lowest BCUT2D eigenvalue weighted by Crippen LogP contribution is -2.49.